The summed E-state index contributed by atoms with van der Waals surface area (Å²) >= 11 is 0. The number of nitro benzene ring substituents is 1. The van der Waals surface area contributed by atoms with Crippen molar-refractivity contribution in [2.24, 2.45) is 5.92 Å². The quantitative estimate of drug-likeness (QED) is 0.376. The predicted octanol–water partition coefficient (Wildman–Crippen LogP) is 5.75. The van der Waals surface area contributed by atoms with Crippen molar-refractivity contribution in [2.45, 2.75) is 26.3 Å². The minimum absolute atomic E-state index is 0.0140. The van der Waals surface area contributed by atoms with Gasteiger partial charge in [-0.25, -0.2) is 9.97 Å². The summed E-state index contributed by atoms with van der Waals surface area (Å²) < 4.78 is 0. The fraction of sp³-hybridized carbons (Fsp3) is 0.185. The molecule has 1 aliphatic heterocycles. The summed E-state index contributed by atoms with van der Waals surface area (Å²) in [5.74, 6) is 0.999. The third-order valence-corrected chi connectivity index (χ3v) is 6.27. The van der Waals surface area contributed by atoms with Gasteiger partial charge in [0.1, 0.15) is 12.1 Å². The number of fused-ring (bicyclic) bond motifs is 1. The van der Waals surface area contributed by atoms with Crippen LogP contribution in [0.2, 0.25) is 0 Å². The Labute approximate surface area is 192 Å². The Morgan fingerprint density at radius 3 is 2.64 bits per heavy atom. The lowest BCUT2D eigenvalue weighted by Crippen LogP contribution is -2.32. The van der Waals surface area contributed by atoms with Gasteiger partial charge in [0.25, 0.3) is 5.69 Å². The molecule has 1 aliphatic carbocycles. The van der Waals surface area contributed by atoms with Gasteiger partial charge in [-0.2, -0.15) is 0 Å². The third kappa shape index (κ3) is 3.96. The van der Waals surface area contributed by atoms with Gasteiger partial charge in [0.05, 0.1) is 11.0 Å². The van der Waals surface area contributed by atoms with Crippen molar-refractivity contribution in [1.29, 1.82) is 0 Å². The number of nitro groups is 1. The Kier molecular flexibility index (Phi) is 5.34. The van der Waals surface area contributed by atoms with Gasteiger partial charge in [0.2, 0.25) is 0 Å². The lowest BCUT2D eigenvalue weighted by Gasteiger charge is -2.29. The number of allylic oxidation sites excluding steroid dienone is 2. The van der Waals surface area contributed by atoms with Gasteiger partial charge in [0, 0.05) is 36.0 Å². The average Bonchev–Trinajstić information content (AvgIpc) is 3.23. The van der Waals surface area contributed by atoms with Crippen molar-refractivity contribution in [1.82, 2.24) is 9.97 Å². The molecule has 5 rings (SSSR count). The number of rotatable bonds is 5. The number of hydrogen-bond acceptors (Lipinski definition) is 5. The summed E-state index contributed by atoms with van der Waals surface area (Å²) in [6, 6.07) is 17.4. The van der Waals surface area contributed by atoms with E-state index in [1.54, 1.807) is 18.5 Å². The van der Waals surface area contributed by atoms with Crippen molar-refractivity contribution >= 4 is 22.7 Å². The molecule has 0 saturated carbocycles. The van der Waals surface area contributed by atoms with Crippen LogP contribution < -0.4 is 4.90 Å². The molecule has 0 spiro atoms. The molecule has 1 aromatic heterocycles. The van der Waals surface area contributed by atoms with Crippen LogP contribution in [-0.2, 0) is 6.42 Å². The second kappa shape index (κ2) is 8.47. The number of anilines is 1. The zero-order valence-electron chi connectivity index (χ0n) is 18.6. The predicted molar refractivity (Wildman–Crippen MR) is 131 cm³/mol. The minimum Gasteiger partial charge on any atom is -0.325 e. The van der Waals surface area contributed by atoms with E-state index in [-0.39, 0.29) is 22.6 Å². The van der Waals surface area contributed by atoms with Crippen molar-refractivity contribution < 1.29 is 4.92 Å². The molecule has 2 atom stereocenters. The first kappa shape index (κ1) is 20.8. The van der Waals surface area contributed by atoms with E-state index < -0.39 is 0 Å². The number of aromatic nitrogens is 2. The smallest absolute Gasteiger partial charge is 0.270 e. The number of nitrogens with zero attached hydrogens (tertiary/aromatic N) is 4. The maximum atomic E-state index is 11.3. The van der Waals surface area contributed by atoms with Crippen LogP contribution in [0.3, 0.4) is 0 Å². The highest BCUT2D eigenvalue weighted by atomic mass is 16.6. The Hall–Kier alpha value is -4.06. The SMILES string of the molecule is CCc1cc(N2C=C(c3ccc(C)cc3)C3C=CC(c4cccc([N+](=O)[O-])c4)=CC32)ncn1. The lowest BCUT2D eigenvalue weighted by molar-refractivity contribution is -0.384. The molecule has 6 nitrogen and oxygen atoms in total. The molecular formula is C27H24N4O2. The molecule has 0 saturated heterocycles. The molecule has 164 valence electrons. The molecule has 2 heterocycles. The van der Waals surface area contributed by atoms with Crippen LogP contribution in [0.1, 0.15) is 29.3 Å². The van der Waals surface area contributed by atoms with E-state index in [9.17, 15) is 10.1 Å². The summed E-state index contributed by atoms with van der Waals surface area (Å²) in [6.45, 7) is 4.17. The van der Waals surface area contributed by atoms with E-state index in [4.69, 9.17) is 0 Å². The van der Waals surface area contributed by atoms with Gasteiger partial charge in [-0.05, 0) is 35.6 Å². The first-order valence-electron chi connectivity index (χ1n) is 11.1. The molecular weight excluding hydrogens is 412 g/mol. The molecule has 0 amide bonds. The highest BCUT2D eigenvalue weighted by Gasteiger charge is 2.36. The van der Waals surface area contributed by atoms with Gasteiger partial charge < -0.3 is 4.90 Å². The average molecular weight is 437 g/mol. The van der Waals surface area contributed by atoms with Crippen LogP contribution in [0.25, 0.3) is 11.1 Å². The molecule has 2 aromatic carbocycles. The van der Waals surface area contributed by atoms with Crippen molar-refractivity contribution in [3.8, 4) is 0 Å². The van der Waals surface area contributed by atoms with E-state index in [1.165, 1.54) is 22.8 Å². The number of non-ortho nitro benzene ring substituents is 1. The molecule has 3 aromatic rings. The van der Waals surface area contributed by atoms with Gasteiger partial charge >= 0.3 is 0 Å². The van der Waals surface area contributed by atoms with E-state index in [1.807, 2.05) is 12.1 Å². The summed E-state index contributed by atoms with van der Waals surface area (Å²) in [5, 5.41) is 11.3. The normalized spacial score (nSPS) is 19.2. The fourth-order valence-electron chi connectivity index (χ4n) is 4.47. The van der Waals surface area contributed by atoms with E-state index in [2.05, 4.69) is 77.4 Å². The number of benzene rings is 2. The highest BCUT2D eigenvalue weighted by Crippen LogP contribution is 2.43. The summed E-state index contributed by atoms with van der Waals surface area (Å²) in [7, 11) is 0. The standard InChI is InChI=1S/C27H24N4O2/c1-3-22-15-27(29-17-28-22)30-16-25(19-9-7-18(2)8-10-19)24-12-11-21(14-26(24)30)20-5-4-6-23(13-20)31(32)33/h4-17,24,26H,3H2,1-2H3. The van der Waals surface area contributed by atoms with Crippen molar-refractivity contribution in [3.63, 3.8) is 0 Å². The molecule has 6 heteroatoms. The minimum atomic E-state index is -0.356. The largest absolute Gasteiger partial charge is 0.325 e. The summed E-state index contributed by atoms with van der Waals surface area (Å²) in [5.41, 5.74) is 6.51. The Morgan fingerprint density at radius 1 is 1.06 bits per heavy atom. The van der Waals surface area contributed by atoms with Crippen LogP contribution in [0, 0.1) is 23.0 Å². The lowest BCUT2D eigenvalue weighted by atomic mass is 9.84. The summed E-state index contributed by atoms with van der Waals surface area (Å²) in [6.07, 6.45) is 11.1. The molecule has 2 unspecified atom stereocenters. The van der Waals surface area contributed by atoms with Crippen LogP contribution >= 0.6 is 0 Å². The van der Waals surface area contributed by atoms with Gasteiger partial charge in [-0.15, -0.1) is 0 Å². The zero-order valence-corrected chi connectivity index (χ0v) is 18.6. The molecule has 33 heavy (non-hydrogen) atoms. The highest BCUT2D eigenvalue weighted by molar-refractivity contribution is 5.84. The number of hydrogen-bond donors (Lipinski definition) is 0. The zero-order chi connectivity index (χ0) is 22.9. The maximum Gasteiger partial charge on any atom is 0.270 e. The Morgan fingerprint density at radius 2 is 1.88 bits per heavy atom. The van der Waals surface area contributed by atoms with Crippen LogP contribution in [0.4, 0.5) is 11.5 Å². The molecule has 2 aliphatic rings. The second-order valence-electron chi connectivity index (χ2n) is 8.38. The van der Waals surface area contributed by atoms with Crippen molar-refractivity contribution in [2.75, 3.05) is 4.90 Å². The Balaban J connectivity index is 1.58. The van der Waals surface area contributed by atoms with Gasteiger partial charge in [-0.3, -0.25) is 10.1 Å². The van der Waals surface area contributed by atoms with Crippen molar-refractivity contribution in [3.05, 3.63) is 118 Å². The van der Waals surface area contributed by atoms with Crippen LogP contribution in [-0.4, -0.2) is 20.9 Å². The second-order valence-corrected chi connectivity index (χ2v) is 8.38. The van der Waals surface area contributed by atoms with E-state index >= 15 is 0 Å². The maximum absolute atomic E-state index is 11.3. The number of aryl methyl sites for hydroxylation is 2. The first-order valence-corrected chi connectivity index (χ1v) is 11.1. The van der Waals surface area contributed by atoms with Gasteiger partial charge in [-0.1, -0.05) is 67.1 Å². The molecule has 0 bridgehead atoms. The third-order valence-electron chi connectivity index (χ3n) is 6.27. The van der Waals surface area contributed by atoms with E-state index in [0.717, 1.165) is 29.1 Å². The van der Waals surface area contributed by atoms with Crippen LogP contribution in [0.5, 0.6) is 0 Å². The topological polar surface area (TPSA) is 72.2 Å². The monoisotopic (exact) mass is 436 g/mol. The Bertz CT molecular complexity index is 1310. The van der Waals surface area contributed by atoms with Gasteiger partial charge in [0.15, 0.2) is 0 Å². The van der Waals surface area contributed by atoms with Crippen LogP contribution in [0.15, 0.2) is 85.4 Å². The summed E-state index contributed by atoms with van der Waals surface area (Å²) in [4.78, 5) is 22.0. The molecule has 0 radical (unpaired) electrons. The van der Waals surface area contributed by atoms with E-state index in [0.29, 0.717) is 0 Å². The molecule has 0 N–H and O–H groups in total. The first-order chi connectivity index (χ1) is 16.0. The molecule has 0 fully saturated rings. The fourth-order valence-corrected chi connectivity index (χ4v) is 4.47.